The quantitative estimate of drug-likeness (QED) is 0.826. The van der Waals surface area contributed by atoms with E-state index in [0.29, 0.717) is 17.9 Å². The highest BCUT2D eigenvalue weighted by atomic mass is 16.6. The average Bonchev–Trinajstić information content (AvgIpc) is 2.66. The Bertz CT molecular complexity index is 1050. The maximum Gasteiger partial charge on any atom is 0.410 e. The van der Waals surface area contributed by atoms with Gasteiger partial charge in [-0.3, -0.25) is 19.1 Å². The van der Waals surface area contributed by atoms with E-state index in [-0.39, 0.29) is 24.6 Å². The van der Waals surface area contributed by atoms with Gasteiger partial charge in [-0.15, -0.1) is 0 Å². The zero-order chi connectivity index (χ0) is 22.1. The molecule has 0 atom stereocenters. The first-order valence-corrected chi connectivity index (χ1v) is 9.40. The SMILES string of the molecule is CC(C)(C)OC(=O)N1CCN(c2cccc(-n3cc(C(=O)O)ccc3=O)c2)C(=O)C1. The maximum absolute atomic E-state index is 12.7. The third-order valence-corrected chi connectivity index (χ3v) is 4.45. The number of carbonyl (C=O) groups excluding carboxylic acids is 2. The van der Waals surface area contributed by atoms with Crippen molar-refractivity contribution < 1.29 is 24.2 Å². The molecule has 2 heterocycles. The smallest absolute Gasteiger partial charge is 0.410 e. The Balaban J connectivity index is 1.82. The van der Waals surface area contributed by atoms with Crippen LogP contribution < -0.4 is 10.5 Å². The molecule has 1 aromatic heterocycles. The number of carboxylic acids is 1. The van der Waals surface area contributed by atoms with Gasteiger partial charge in [0.1, 0.15) is 12.1 Å². The largest absolute Gasteiger partial charge is 0.478 e. The van der Waals surface area contributed by atoms with Gasteiger partial charge in [0.05, 0.1) is 11.3 Å². The molecule has 0 radical (unpaired) electrons. The molecule has 1 aromatic carbocycles. The zero-order valence-electron chi connectivity index (χ0n) is 17.0. The highest BCUT2D eigenvalue weighted by Crippen LogP contribution is 2.21. The number of carboxylic acid groups (broad SMARTS) is 1. The molecule has 1 fully saturated rings. The van der Waals surface area contributed by atoms with Crippen LogP contribution >= 0.6 is 0 Å². The molecule has 1 aliphatic rings. The van der Waals surface area contributed by atoms with Crippen molar-refractivity contribution in [3.8, 4) is 5.69 Å². The molecule has 30 heavy (non-hydrogen) atoms. The summed E-state index contributed by atoms with van der Waals surface area (Å²) in [6.45, 7) is 5.74. The van der Waals surface area contributed by atoms with Crippen LogP contribution in [0.15, 0.2) is 47.4 Å². The highest BCUT2D eigenvalue weighted by molar-refractivity contribution is 5.97. The van der Waals surface area contributed by atoms with Crippen LogP contribution in [-0.4, -0.2) is 57.8 Å². The second-order valence-electron chi connectivity index (χ2n) is 7.90. The van der Waals surface area contributed by atoms with E-state index in [2.05, 4.69) is 0 Å². The van der Waals surface area contributed by atoms with Gasteiger partial charge in [-0.1, -0.05) is 6.07 Å². The van der Waals surface area contributed by atoms with E-state index in [9.17, 15) is 19.2 Å². The van der Waals surface area contributed by atoms with Crippen molar-refractivity contribution in [3.63, 3.8) is 0 Å². The van der Waals surface area contributed by atoms with Crippen molar-refractivity contribution in [2.24, 2.45) is 0 Å². The number of amides is 2. The molecule has 2 aromatic rings. The number of carbonyl (C=O) groups is 3. The fourth-order valence-corrected chi connectivity index (χ4v) is 3.05. The Labute approximate surface area is 173 Å². The molecule has 0 unspecified atom stereocenters. The highest BCUT2D eigenvalue weighted by Gasteiger charge is 2.31. The molecule has 0 bridgehead atoms. The summed E-state index contributed by atoms with van der Waals surface area (Å²) in [6, 6.07) is 9.10. The zero-order valence-corrected chi connectivity index (χ0v) is 17.0. The van der Waals surface area contributed by atoms with E-state index in [0.717, 1.165) is 0 Å². The van der Waals surface area contributed by atoms with Gasteiger partial charge in [0.2, 0.25) is 5.91 Å². The molecular formula is C21H23N3O6. The van der Waals surface area contributed by atoms with Crippen LogP contribution in [0.5, 0.6) is 0 Å². The molecule has 2 amide bonds. The summed E-state index contributed by atoms with van der Waals surface area (Å²) in [7, 11) is 0. The molecule has 9 nitrogen and oxygen atoms in total. The molecule has 9 heteroatoms. The summed E-state index contributed by atoms with van der Waals surface area (Å²) < 4.78 is 6.53. The van der Waals surface area contributed by atoms with Crippen LogP contribution in [-0.2, 0) is 9.53 Å². The Hall–Kier alpha value is -3.62. The summed E-state index contributed by atoms with van der Waals surface area (Å²) in [6.07, 6.45) is 0.702. The minimum Gasteiger partial charge on any atom is -0.478 e. The number of aromatic carboxylic acids is 1. The Morgan fingerprint density at radius 2 is 1.73 bits per heavy atom. The lowest BCUT2D eigenvalue weighted by Crippen LogP contribution is -2.53. The first-order valence-electron chi connectivity index (χ1n) is 9.40. The number of anilines is 1. The molecule has 0 aliphatic carbocycles. The molecule has 1 N–H and O–H groups in total. The van der Waals surface area contributed by atoms with Crippen molar-refractivity contribution in [1.82, 2.24) is 9.47 Å². The van der Waals surface area contributed by atoms with Gasteiger partial charge >= 0.3 is 12.1 Å². The van der Waals surface area contributed by atoms with E-state index < -0.39 is 23.2 Å². The number of hydrogen-bond donors (Lipinski definition) is 1. The maximum atomic E-state index is 12.7. The predicted octanol–water partition coefficient (Wildman–Crippen LogP) is 2.12. The van der Waals surface area contributed by atoms with E-state index in [1.54, 1.807) is 45.0 Å². The molecule has 1 saturated heterocycles. The number of nitrogens with zero attached hydrogens (tertiary/aromatic N) is 3. The third kappa shape index (κ3) is 4.68. The Morgan fingerprint density at radius 3 is 2.37 bits per heavy atom. The van der Waals surface area contributed by atoms with Crippen molar-refractivity contribution in [2.75, 3.05) is 24.5 Å². The third-order valence-electron chi connectivity index (χ3n) is 4.45. The van der Waals surface area contributed by atoms with Crippen LogP contribution in [0, 0.1) is 0 Å². The number of rotatable bonds is 3. The monoisotopic (exact) mass is 413 g/mol. The minimum atomic E-state index is -1.15. The molecule has 0 spiro atoms. The molecule has 1 aliphatic heterocycles. The van der Waals surface area contributed by atoms with E-state index in [1.807, 2.05) is 0 Å². The van der Waals surface area contributed by atoms with Crippen LogP contribution in [0.3, 0.4) is 0 Å². The van der Waals surface area contributed by atoms with Crippen LogP contribution in [0.1, 0.15) is 31.1 Å². The lowest BCUT2D eigenvalue weighted by Gasteiger charge is -2.35. The Kier molecular flexibility index (Phi) is 5.64. The number of piperazine rings is 1. The molecule has 158 valence electrons. The van der Waals surface area contributed by atoms with Crippen molar-refractivity contribution in [2.45, 2.75) is 26.4 Å². The van der Waals surface area contributed by atoms with E-state index in [4.69, 9.17) is 9.84 Å². The number of aromatic nitrogens is 1. The van der Waals surface area contributed by atoms with Crippen molar-refractivity contribution in [3.05, 3.63) is 58.5 Å². The van der Waals surface area contributed by atoms with Gasteiger partial charge in [-0.05, 0) is 45.0 Å². The van der Waals surface area contributed by atoms with Crippen LogP contribution in [0.4, 0.5) is 10.5 Å². The van der Waals surface area contributed by atoms with E-state index in [1.165, 1.54) is 32.7 Å². The van der Waals surface area contributed by atoms with Gasteiger partial charge < -0.3 is 14.7 Å². The predicted molar refractivity (Wildman–Crippen MR) is 109 cm³/mol. The minimum absolute atomic E-state index is 0.0259. The van der Waals surface area contributed by atoms with Gasteiger partial charge in [0.15, 0.2) is 0 Å². The summed E-state index contributed by atoms with van der Waals surface area (Å²) in [4.78, 5) is 51.2. The second kappa shape index (κ2) is 8.02. The topological polar surface area (TPSA) is 109 Å². The van der Waals surface area contributed by atoms with Gasteiger partial charge in [-0.2, -0.15) is 0 Å². The second-order valence-corrected chi connectivity index (χ2v) is 7.90. The normalized spacial score (nSPS) is 14.6. The van der Waals surface area contributed by atoms with Gasteiger partial charge in [0.25, 0.3) is 5.56 Å². The van der Waals surface area contributed by atoms with Crippen LogP contribution in [0.2, 0.25) is 0 Å². The van der Waals surface area contributed by atoms with Crippen molar-refractivity contribution in [1.29, 1.82) is 0 Å². The Morgan fingerprint density at radius 1 is 1.03 bits per heavy atom. The fraction of sp³-hybridized carbons (Fsp3) is 0.333. The van der Waals surface area contributed by atoms with Gasteiger partial charge in [-0.25, -0.2) is 9.59 Å². The number of pyridine rings is 1. The summed E-state index contributed by atoms with van der Waals surface area (Å²) in [5.74, 6) is -1.43. The van der Waals surface area contributed by atoms with Crippen LogP contribution in [0.25, 0.3) is 5.69 Å². The van der Waals surface area contributed by atoms with Gasteiger partial charge in [0, 0.05) is 31.0 Å². The standard InChI is InChI=1S/C21H23N3O6/c1-21(2,3)30-20(29)22-9-10-23(18(26)13-22)15-5-4-6-16(11-15)24-12-14(19(27)28)7-8-17(24)25/h4-8,11-12H,9-10,13H2,1-3H3,(H,27,28). The van der Waals surface area contributed by atoms with Crippen molar-refractivity contribution >= 4 is 23.7 Å². The molecule has 0 saturated carbocycles. The lowest BCUT2D eigenvalue weighted by atomic mass is 10.2. The molecule has 3 rings (SSSR count). The number of ether oxygens (including phenoxy) is 1. The lowest BCUT2D eigenvalue weighted by molar-refractivity contribution is -0.121. The summed E-state index contributed by atoms with van der Waals surface area (Å²) in [5, 5.41) is 9.17. The number of benzene rings is 1. The summed E-state index contributed by atoms with van der Waals surface area (Å²) in [5.41, 5.74) is -0.0826. The summed E-state index contributed by atoms with van der Waals surface area (Å²) >= 11 is 0. The fourth-order valence-electron chi connectivity index (χ4n) is 3.05. The first kappa shape index (κ1) is 21.1. The first-order chi connectivity index (χ1) is 14.0. The molecular weight excluding hydrogens is 390 g/mol. The number of hydrogen-bond acceptors (Lipinski definition) is 5. The van der Waals surface area contributed by atoms with E-state index >= 15 is 0 Å². The average molecular weight is 413 g/mol.